The van der Waals surface area contributed by atoms with Gasteiger partial charge in [0.25, 0.3) is 0 Å². The summed E-state index contributed by atoms with van der Waals surface area (Å²) in [5.74, 6) is 0.796. The lowest BCUT2D eigenvalue weighted by molar-refractivity contribution is 0.414. The van der Waals surface area contributed by atoms with Gasteiger partial charge in [-0.1, -0.05) is 12.1 Å². The number of benzene rings is 1. The molecule has 0 radical (unpaired) electrons. The molecule has 4 heteroatoms. The van der Waals surface area contributed by atoms with E-state index in [0.717, 1.165) is 21.5 Å². The van der Waals surface area contributed by atoms with Crippen molar-refractivity contribution in [2.45, 2.75) is 6.04 Å². The van der Waals surface area contributed by atoms with Gasteiger partial charge in [0.2, 0.25) is 0 Å². The fourth-order valence-electron chi connectivity index (χ4n) is 1.62. The summed E-state index contributed by atoms with van der Waals surface area (Å²) in [6.45, 7) is 0. The molecule has 17 heavy (non-hydrogen) atoms. The van der Waals surface area contributed by atoms with Crippen LogP contribution in [0.5, 0.6) is 5.75 Å². The van der Waals surface area contributed by atoms with Crippen LogP contribution in [0.3, 0.4) is 0 Å². The molecule has 0 aliphatic rings. The predicted molar refractivity (Wildman–Crippen MR) is 71.0 cm³/mol. The van der Waals surface area contributed by atoms with Crippen molar-refractivity contribution in [2.75, 3.05) is 7.11 Å². The number of nitrogens with two attached hydrogens (primary N) is 1. The maximum absolute atomic E-state index is 6.19. The molecule has 0 bridgehead atoms. The molecule has 2 aromatic rings. The zero-order valence-corrected chi connectivity index (χ0v) is 11.0. The van der Waals surface area contributed by atoms with E-state index in [0.29, 0.717) is 0 Å². The number of aromatic nitrogens is 1. The molecule has 0 amide bonds. The zero-order valence-electron chi connectivity index (χ0n) is 9.43. The van der Waals surface area contributed by atoms with E-state index in [-0.39, 0.29) is 6.04 Å². The van der Waals surface area contributed by atoms with Gasteiger partial charge < -0.3 is 10.5 Å². The number of methoxy groups -OCH3 is 1. The highest BCUT2D eigenvalue weighted by molar-refractivity contribution is 9.10. The molecule has 0 aliphatic carbocycles. The van der Waals surface area contributed by atoms with Gasteiger partial charge in [0.15, 0.2) is 0 Å². The highest BCUT2D eigenvalue weighted by atomic mass is 79.9. The van der Waals surface area contributed by atoms with E-state index in [2.05, 4.69) is 20.9 Å². The lowest BCUT2D eigenvalue weighted by Crippen LogP contribution is -2.14. The summed E-state index contributed by atoms with van der Waals surface area (Å²) in [6.07, 6.45) is 1.74. The fraction of sp³-hybridized carbons (Fsp3) is 0.154. The summed E-state index contributed by atoms with van der Waals surface area (Å²) in [4.78, 5) is 4.30. The van der Waals surface area contributed by atoms with Gasteiger partial charge in [0, 0.05) is 10.7 Å². The zero-order chi connectivity index (χ0) is 12.3. The molecule has 0 saturated heterocycles. The summed E-state index contributed by atoms with van der Waals surface area (Å²) in [7, 11) is 1.64. The van der Waals surface area contributed by atoms with Crippen molar-refractivity contribution in [3.05, 3.63) is 58.3 Å². The standard InChI is InChI=1S/C13H13BrN2O/c1-17-10-5-2-4-9(8-10)12(15)13-11(14)6-3-7-16-13/h2-8,12H,15H2,1H3. The summed E-state index contributed by atoms with van der Waals surface area (Å²) in [6, 6.07) is 11.2. The SMILES string of the molecule is COc1cccc(C(N)c2ncccc2Br)c1. The molecular weight excluding hydrogens is 280 g/mol. The van der Waals surface area contributed by atoms with Gasteiger partial charge in [0.1, 0.15) is 5.75 Å². The van der Waals surface area contributed by atoms with E-state index in [4.69, 9.17) is 10.5 Å². The van der Waals surface area contributed by atoms with Crippen LogP contribution in [0.1, 0.15) is 17.3 Å². The predicted octanol–water partition coefficient (Wildman–Crippen LogP) is 2.90. The van der Waals surface area contributed by atoms with Crippen LogP contribution >= 0.6 is 15.9 Å². The molecule has 1 aromatic carbocycles. The molecule has 3 nitrogen and oxygen atoms in total. The minimum atomic E-state index is -0.263. The molecule has 1 heterocycles. The number of hydrogen-bond acceptors (Lipinski definition) is 3. The monoisotopic (exact) mass is 292 g/mol. The first kappa shape index (κ1) is 12.1. The smallest absolute Gasteiger partial charge is 0.119 e. The molecule has 0 spiro atoms. The van der Waals surface area contributed by atoms with Crippen molar-refractivity contribution in [3.8, 4) is 5.75 Å². The van der Waals surface area contributed by atoms with Crippen LogP contribution in [-0.4, -0.2) is 12.1 Å². The van der Waals surface area contributed by atoms with Crippen molar-refractivity contribution in [1.29, 1.82) is 0 Å². The van der Waals surface area contributed by atoms with Gasteiger partial charge in [-0.15, -0.1) is 0 Å². The third-order valence-corrected chi connectivity index (χ3v) is 3.21. The Morgan fingerprint density at radius 2 is 2.12 bits per heavy atom. The number of ether oxygens (including phenoxy) is 1. The summed E-state index contributed by atoms with van der Waals surface area (Å²) in [5, 5.41) is 0. The van der Waals surface area contributed by atoms with E-state index in [1.54, 1.807) is 13.3 Å². The van der Waals surface area contributed by atoms with Crippen LogP contribution in [-0.2, 0) is 0 Å². The Balaban J connectivity index is 2.37. The van der Waals surface area contributed by atoms with Crippen LogP contribution in [0.2, 0.25) is 0 Å². The van der Waals surface area contributed by atoms with Gasteiger partial charge >= 0.3 is 0 Å². The lowest BCUT2D eigenvalue weighted by atomic mass is 10.0. The molecule has 0 saturated carbocycles. The summed E-state index contributed by atoms with van der Waals surface area (Å²) in [5.41, 5.74) is 7.99. The Bertz CT molecular complexity index is 516. The maximum Gasteiger partial charge on any atom is 0.119 e. The first-order valence-corrected chi connectivity index (χ1v) is 6.01. The second-order valence-electron chi connectivity index (χ2n) is 3.62. The normalized spacial score (nSPS) is 12.2. The van der Waals surface area contributed by atoms with Crippen molar-refractivity contribution in [1.82, 2.24) is 4.98 Å². The highest BCUT2D eigenvalue weighted by Gasteiger charge is 2.13. The average molecular weight is 293 g/mol. The maximum atomic E-state index is 6.19. The van der Waals surface area contributed by atoms with Crippen LogP contribution < -0.4 is 10.5 Å². The average Bonchev–Trinajstić information content (AvgIpc) is 2.38. The van der Waals surface area contributed by atoms with E-state index in [1.165, 1.54) is 0 Å². The second-order valence-corrected chi connectivity index (χ2v) is 4.48. The molecule has 2 rings (SSSR count). The van der Waals surface area contributed by atoms with Crippen LogP contribution in [0.15, 0.2) is 47.1 Å². The third kappa shape index (κ3) is 2.65. The third-order valence-electron chi connectivity index (χ3n) is 2.53. The van der Waals surface area contributed by atoms with Crippen molar-refractivity contribution >= 4 is 15.9 Å². The van der Waals surface area contributed by atoms with E-state index in [1.807, 2.05) is 36.4 Å². The van der Waals surface area contributed by atoms with E-state index >= 15 is 0 Å². The highest BCUT2D eigenvalue weighted by Crippen LogP contribution is 2.26. The van der Waals surface area contributed by atoms with Crippen molar-refractivity contribution in [3.63, 3.8) is 0 Å². The van der Waals surface area contributed by atoms with E-state index in [9.17, 15) is 0 Å². The quantitative estimate of drug-likeness (QED) is 0.946. The van der Waals surface area contributed by atoms with Crippen LogP contribution in [0.4, 0.5) is 0 Å². The Kier molecular flexibility index (Phi) is 3.76. The van der Waals surface area contributed by atoms with Crippen LogP contribution in [0, 0.1) is 0 Å². The van der Waals surface area contributed by atoms with Gasteiger partial charge in [-0.05, 0) is 45.8 Å². The Hall–Kier alpha value is -1.39. The summed E-state index contributed by atoms with van der Waals surface area (Å²) < 4.78 is 6.10. The number of rotatable bonds is 3. The minimum Gasteiger partial charge on any atom is -0.497 e. The first-order chi connectivity index (χ1) is 8.22. The molecule has 2 N–H and O–H groups in total. The number of pyridine rings is 1. The topological polar surface area (TPSA) is 48.1 Å². The minimum absolute atomic E-state index is 0.263. The number of nitrogens with zero attached hydrogens (tertiary/aromatic N) is 1. The van der Waals surface area contributed by atoms with Gasteiger partial charge in [-0.2, -0.15) is 0 Å². The Labute approximate surface area is 109 Å². The van der Waals surface area contributed by atoms with Gasteiger partial charge in [-0.25, -0.2) is 0 Å². The van der Waals surface area contributed by atoms with Crippen molar-refractivity contribution in [2.24, 2.45) is 5.73 Å². The molecular formula is C13H13BrN2O. The second kappa shape index (κ2) is 5.29. The van der Waals surface area contributed by atoms with Crippen LogP contribution in [0.25, 0.3) is 0 Å². The van der Waals surface area contributed by atoms with Gasteiger partial charge in [-0.3, -0.25) is 4.98 Å². The largest absolute Gasteiger partial charge is 0.497 e. The number of halogens is 1. The Morgan fingerprint density at radius 1 is 1.29 bits per heavy atom. The Morgan fingerprint density at radius 3 is 2.82 bits per heavy atom. The number of hydrogen-bond donors (Lipinski definition) is 1. The first-order valence-electron chi connectivity index (χ1n) is 5.22. The van der Waals surface area contributed by atoms with Gasteiger partial charge in [0.05, 0.1) is 18.8 Å². The molecule has 1 unspecified atom stereocenters. The molecule has 88 valence electrons. The molecule has 0 aliphatic heterocycles. The fourth-order valence-corrected chi connectivity index (χ4v) is 2.12. The molecule has 1 aromatic heterocycles. The van der Waals surface area contributed by atoms with Crippen molar-refractivity contribution < 1.29 is 4.74 Å². The summed E-state index contributed by atoms with van der Waals surface area (Å²) >= 11 is 3.46. The lowest BCUT2D eigenvalue weighted by Gasteiger charge is -2.13. The van der Waals surface area contributed by atoms with E-state index < -0.39 is 0 Å². The molecule has 1 atom stereocenters. The molecule has 0 fully saturated rings.